The minimum Gasteiger partial charge on any atom is -0.311 e. The largest absolute Gasteiger partial charge is 0.311 e. The predicted molar refractivity (Wildman–Crippen MR) is 34.2 cm³/mol. The summed E-state index contributed by atoms with van der Waals surface area (Å²) in [5.41, 5.74) is 0. The van der Waals surface area contributed by atoms with Crippen LogP contribution in [0.15, 0.2) is 0 Å². The summed E-state index contributed by atoms with van der Waals surface area (Å²) < 4.78 is 12.1. The summed E-state index contributed by atoms with van der Waals surface area (Å²) in [5, 5.41) is 2.99. The number of hydrogen-bond acceptors (Lipinski definition) is 1. The molecular formula is C5H11ClFN. The first kappa shape index (κ1) is 8.18. The zero-order valence-electron chi connectivity index (χ0n) is 4.86. The summed E-state index contributed by atoms with van der Waals surface area (Å²) in [6.45, 7) is 2.56. The first-order chi connectivity index (χ1) is 3.29. The lowest BCUT2D eigenvalue weighted by Gasteiger charge is -1.94. The van der Waals surface area contributed by atoms with Gasteiger partial charge >= 0.3 is 0 Å². The van der Waals surface area contributed by atoms with Gasteiger partial charge < -0.3 is 5.32 Å². The Kier molecular flexibility index (Phi) is 3.33. The summed E-state index contributed by atoms with van der Waals surface area (Å²) in [4.78, 5) is 0. The Hall–Kier alpha value is 0.180. The molecule has 1 aliphatic heterocycles. The highest BCUT2D eigenvalue weighted by Crippen LogP contribution is 2.07. The molecule has 2 atom stereocenters. The van der Waals surface area contributed by atoms with E-state index in [4.69, 9.17) is 0 Å². The third-order valence-electron chi connectivity index (χ3n) is 1.30. The maximum Gasteiger partial charge on any atom is 0.114 e. The van der Waals surface area contributed by atoms with Gasteiger partial charge in [-0.2, -0.15) is 0 Å². The Balaban J connectivity index is 0.000000490. The summed E-state index contributed by atoms with van der Waals surface area (Å²) in [7, 11) is 0. The minimum absolute atomic E-state index is 0. The van der Waals surface area contributed by atoms with E-state index in [0.717, 1.165) is 0 Å². The Morgan fingerprint density at radius 1 is 1.62 bits per heavy atom. The van der Waals surface area contributed by atoms with Crippen LogP contribution in [0.25, 0.3) is 0 Å². The average Bonchev–Trinajstić information content (AvgIpc) is 1.87. The van der Waals surface area contributed by atoms with Gasteiger partial charge in [-0.3, -0.25) is 0 Å². The van der Waals surface area contributed by atoms with Crippen molar-refractivity contribution < 1.29 is 4.39 Å². The van der Waals surface area contributed by atoms with Crippen LogP contribution in [0.1, 0.15) is 13.3 Å². The molecular weight excluding hydrogens is 129 g/mol. The Bertz CT molecular complexity index is 61.4. The maximum atomic E-state index is 12.1. The Morgan fingerprint density at radius 3 is 2.38 bits per heavy atom. The Morgan fingerprint density at radius 2 is 2.25 bits per heavy atom. The van der Waals surface area contributed by atoms with Crippen molar-refractivity contribution >= 4 is 12.4 Å². The van der Waals surface area contributed by atoms with Gasteiger partial charge in [0, 0.05) is 12.6 Å². The summed E-state index contributed by atoms with van der Waals surface area (Å²) in [6, 6.07) is 0.398. The van der Waals surface area contributed by atoms with Crippen molar-refractivity contribution in [1.82, 2.24) is 5.32 Å². The molecule has 0 unspecified atom stereocenters. The number of alkyl halides is 1. The van der Waals surface area contributed by atoms with Crippen LogP contribution in [0.3, 0.4) is 0 Å². The van der Waals surface area contributed by atoms with Crippen molar-refractivity contribution in [2.24, 2.45) is 0 Å². The second-order valence-corrected chi connectivity index (χ2v) is 2.14. The molecule has 3 heteroatoms. The van der Waals surface area contributed by atoms with Gasteiger partial charge in [0.05, 0.1) is 0 Å². The molecule has 1 fully saturated rings. The van der Waals surface area contributed by atoms with Gasteiger partial charge in [-0.15, -0.1) is 12.4 Å². The van der Waals surface area contributed by atoms with Gasteiger partial charge in [-0.1, -0.05) is 0 Å². The lowest BCUT2D eigenvalue weighted by atomic mass is 10.2. The van der Waals surface area contributed by atoms with Crippen molar-refractivity contribution in [2.75, 3.05) is 6.54 Å². The third kappa shape index (κ3) is 1.97. The van der Waals surface area contributed by atoms with E-state index in [9.17, 15) is 4.39 Å². The number of rotatable bonds is 0. The molecule has 1 nitrogen and oxygen atoms in total. The van der Waals surface area contributed by atoms with Crippen LogP contribution in [0.5, 0.6) is 0 Å². The molecule has 0 aromatic rings. The third-order valence-corrected chi connectivity index (χ3v) is 1.30. The highest BCUT2D eigenvalue weighted by Gasteiger charge is 2.18. The minimum atomic E-state index is -0.588. The van der Waals surface area contributed by atoms with E-state index in [2.05, 4.69) is 5.32 Å². The van der Waals surface area contributed by atoms with Crippen LogP contribution in [0.4, 0.5) is 4.39 Å². The first-order valence-electron chi connectivity index (χ1n) is 2.66. The number of nitrogens with one attached hydrogen (secondary N) is 1. The molecule has 50 valence electrons. The van der Waals surface area contributed by atoms with Crippen LogP contribution in [-0.4, -0.2) is 18.8 Å². The quantitative estimate of drug-likeness (QED) is 0.531. The van der Waals surface area contributed by atoms with Crippen molar-refractivity contribution in [3.05, 3.63) is 0 Å². The molecule has 1 N–H and O–H groups in total. The van der Waals surface area contributed by atoms with Crippen molar-refractivity contribution in [1.29, 1.82) is 0 Å². The van der Waals surface area contributed by atoms with Gasteiger partial charge in [-0.05, 0) is 13.3 Å². The molecule has 1 heterocycles. The molecule has 0 spiro atoms. The molecule has 1 rings (SSSR count). The Labute approximate surface area is 55.1 Å². The predicted octanol–water partition coefficient (Wildman–Crippen LogP) is 1.13. The standard InChI is InChI=1S/C5H10FN.ClH/c1-4-2-5(6)3-7-4;/h4-5,7H,2-3H2,1H3;1H/t4-,5+;/m0./s1. The second kappa shape index (κ2) is 3.25. The van der Waals surface area contributed by atoms with Gasteiger partial charge in [0.2, 0.25) is 0 Å². The second-order valence-electron chi connectivity index (χ2n) is 2.14. The zero-order chi connectivity index (χ0) is 5.28. The van der Waals surface area contributed by atoms with Crippen LogP contribution in [0.2, 0.25) is 0 Å². The summed E-state index contributed by atoms with van der Waals surface area (Å²) in [6.07, 6.45) is 0.106. The number of halogens is 2. The lowest BCUT2D eigenvalue weighted by Crippen LogP contribution is -2.16. The molecule has 0 bridgehead atoms. The van der Waals surface area contributed by atoms with Crippen molar-refractivity contribution in [3.8, 4) is 0 Å². The zero-order valence-corrected chi connectivity index (χ0v) is 5.67. The maximum absolute atomic E-state index is 12.1. The fraction of sp³-hybridized carbons (Fsp3) is 1.00. The molecule has 8 heavy (non-hydrogen) atoms. The molecule has 1 saturated heterocycles. The molecule has 0 amide bonds. The SMILES string of the molecule is C[C@H]1C[C@@H](F)CN1.Cl. The van der Waals surface area contributed by atoms with E-state index in [1.807, 2.05) is 6.92 Å². The van der Waals surface area contributed by atoms with Gasteiger partial charge in [0.15, 0.2) is 0 Å². The molecule has 0 saturated carbocycles. The van der Waals surface area contributed by atoms with E-state index >= 15 is 0 Å². The van der Waals surface area contributed by atoms with Crippen LogP contribution < -0.4 is 5.32 Å². The highest BCUT2D eigenvalue weighted by atomic mass is 35.5. The van der Waals surface area contributed by atoms with Crippen LogP contribution in [0, 0.1) is 0 Å². The fourth-order valence-electron chi connectivity index (χ4n) is 0.879. The van der Waals surface area contributed by atoms with Gasteiger partial charge in [0.1, 0.15) is 6.17 Å². The molecule has 0 radical (unpaired) electrons. The van der Waals surface area contributed by atoms with Crippen molar-refractivity contribution in [2.45, 2.75) is 25.6 Å². The van der Waals surface area contributed by atoms with Crippen LogP contribution >= 0.6 is 12.4 Å². The van der Waals surface area contributed by atoms with Crippen molar-refractivity contribution in [3.63, 3.8) is 0 Å². The monoisotopic (exact) mass is 139 g/mol. The van der Waals surface area contributed by atoms with E-state index in [-0.39, 0.29) is 12.4 Å². The van der Waals surface area contributed by atoms with Gasteiger partial charge in [0.25, 0.3) is 0 Å². The average molecular weight is 140 g/mol. The first-order valence-corrected chi connectivity index (χ1v) is 2.66. The van der Waals surface area contributed by atoms with Crippen LogP contribution in [-0.2, 0) is 0 Å². The smallest absolute Gasteiger partial charge is 0.114 e. The topological polar surface area (TPSA) is 12.0 Å². The van der Waals surface area contributed by atoms with E-state index in [1.165, 1.54) is 0 Å². The summed E-state index contributed by atoms with van der Waals surface area (Å²) >= 11 is 0. The molecule has 1 aliphatic rings. The summed E-state index contributed by atoms with van der Waals surface area (Å²) in [5.74, 6) is 0. The molecule has 0 aliphatic carbocycles. The number of hydrogen-bond donors (Lipinski definition) is 1. The lowest BCUT2D eigenvalue weighted by molar-refractivity contribution is 0.357. The van der Waals surface area contributed by atoms with E-state index < -0.39 is 6.17 Å². The molecule has 0 aromatic carbocycles. The fourth-order valence-corrected chi connectivity index (χ4v) is 0.879. The normalized spacial score (nSPS) is 36.8. The van der Waals surface area contributed by atoms with E-state index in [1.54, 1.807) is 0 Å². The highest BCUT2D eigenvalue weighted by molar-refractivity contribution is 5.85. The van der Waals surface area contributed by atoms with E-state index in [0.29, 0.717) is 19.0 Å². The van der Waals surface area contributed by atoms with Gasteiger partial charge in [-0.25, -0.2) is 4.39 Å². The molecule has 0 aromatic heterocycles.